The second-order valence-electron chi connectivity index (χ2n) is 3.87. The summed E-state index contributed by atoms with van der Waals surface area (Å²) in [6, 6.07) is 0. The van der Waals surface area contributed by atoms with E-state index < -0.39 is 10.2 Å². The van der Waals surface area contributed by atoms with Gasteiger partial charge in [-0.05, 0) is 12.8 Å². The highest BCUT2D eigenvalue weighted by Crippen LogP contribution is 2.11. The molecule has 0 saturated carbocycles. The van der Waals surface area contributed by atoms with Gasteiger partial charge in [-0.3, -0.25) is 0 Å². The van der Waals surface area contributed by atoms with E-state index in [0.717, 1.165) is 25.7 Å². The molecule has 3 N–H and O–H groups in total. The van der Waals surface area contributed by atoms with Crippen molar-refractivity contribution in [1.82, 2.24) is 9.03 Å². The van der Waals surface area contributed by atoms with Crippen molar-refractivity contribution in [2.75, 3.05) is 26.2 Å². The van der Waals surface area contributed by atoms with Gasteiger partial charge in [-0.15, -0.1) is 0 Å². The van der Waals surface area contributed by atoms with Crippen LogP contribution >= 0.6 is 0 Å². The molecule has 0 aromatic heterocycles. The summed E-state index contributed by atoms with van der Waals surface area (Å²) in [4.78, 5) is 0. The molecule has 0 unspecified atom stereocenters. The molecule has 1 fully saturated rings. The van der Waals surface area contributed by atoms with Crippen LogP contribution in [0.3, 0.4) is 0 Å². The Hall–Kier alpha value is -0.430. The second kappa shape index (κ2) is 7.01. The molecule has 0 atom stereocenters. The standard InChI is InChI=1S/C10H21N3O2S/c11-7-3-4-8-12-16(14,15)13-9-5-1-2-6-10-13/h3-4,12H,1-2,5-11H2/b4-3+. The maximum Gasteiger partial charge on any atom is 0.279 e. The van der Waals surface area contributed by atoms with Gasteiger partial charge in [0.2, 0.25) is 0 Å². The van der Waals surface area contributed by atoms with Crippen LogP contribution in [-0.2, 0) is 10.2 Å². The molecular weight excluding hydrogens is 226 g/mol. The molecule has 0 aliphatic carbocycles. The number of nitrogens with two attached hydrogens (primary N) is 1. The van der Waals surface area contributed by atoms with Gasteiger partial charge < -0.3 is 5.73 Å². The zero-order chi connectivity index (χ0) is 11.9. The van der Waals surface area contributed by atoms with Gasteiger partial charge in [0, 0.05) is 26.2 Å². The Morgan fingerprint density at radius 2 is 1.75 bits per heavy atom. The molecule has 0 aromatic rings. The lowest BCUT2D eigenvalue weighted by Crippen LogP contribution is -2.41. The normalized spacial score (nSPS) is 20.1. The van der Waals surface area contributed by atoms with Gasteiger partial charge in [0.15, 0.2) is 0 Å². The highest BCUT2D eigenvalue weighted by molar-refractivity contribution is 7.87. The van der Waals surface area contributed by atoms with Crippen molar-refractivity contribution < 1.29 is 8.42 Å². The first-order valence-electron chi connectivity index (χ1n) is 5.76. The van der Waals surface area contributed by atoms with E-state index in [1.165, 1.54) is 4.31 Å². The summed E-state index contributed by atoms with van der Waals surface area (Å²) in [7, 11) is -3.30. The van der Waals surface area contributed by atoms with Crippen molar-refractivity contribution in [2.45, 2.75) is 25.7 Å². The molecule has 1 aliphatic heterocycles. The van der Waals surface area contributed by atoms with Gasteiger partial charge in [0.1, 0.15) is 0 Å². The zero-order valence-electron chi connectivity index (χ0n) is 9.56. The third kappa shape index (κ3) is 4.61. The third-order valence-corrected chi connectivity index (χ3v) is 4.17. The molecule has 1 aliphatic rings. The summed E-state index contributed by atoms with van der Waals surface area (Å²) >= 11 is 0. The highest BCUT2D eigenvalue weighted by Gasteiger charge is 2.21. The number of hydrogen-bond acceptors (Lipinski definition) is 3. The minimum Gasteiger partial charge on any atom is -0.327 e. The summed E-state index contributed by atoms with van der Waals surface area (Å²) in [5, 5.41) is 0. The van der Waals surface area contributed by atoms with Crippen LogP contribution in [-0.4, -0.2) is 38.9 Å². The minimum absolute atomic E-state index is 0.316. The van der Waals surface area contributed by atoms with E-state index in [-0.39, 0.29) is 0 Å². The lowest BCUT2D eigenvalue weighted by atomic mass is 10.2. The van der Waals surface area contributed by atoms with E-state index >= 15 is 0 Å². The molecule has 0 radical (unpaired) electrons. The summed E-state index contributed by atoms with van der Waals surface area (Å²) in [6.45, 7) is 2.02. The lowest BCUT2D eigenvalue weighted by molar-refractivity contribution is 0.416. The van der Waals surface area contributed by atoms with E-state index in [2.05, 4.69) is 4.72 Å². The number of nitrogens with zero attached hydrogens (tertiary/aromatic N) is 1. The average molecular weight is 247 g/mol. The molecule has 94 valence electrons. The summed E-state index contributed by atoms with van der Waals surface area (Å²) in [6.07, 6.45) is 7.64. The van der Waals surface area contributed by atoms with Gasteiger partial charge >= 0.3 is 0 Å². The quantitative estimate of drug-likeness (QED) is 0.682. The number of rotatable bonds is 5. The SMILES string of the molecule is NC/C=C/CNS(=O)(=O)N1CCCCCC1. The lowest BCUT2D eigenvalue weighted by Gasteiger charge is -2.19. The van der Waals surface area contributed by atoms with Crippen LogP contribution in [0.4, 0.5) is 0 Å². The van der Waals surface area contributed by atoms with E-state index in [0.29, 0.717) is 26.2 Å². The van der Waals surface area contributed by atoms with Gasteiger partial charge in [0.25, 0.3) is 10.2 Å². The van der Waals surface area contributed by atoms with E-state index in [9.17, 15) is 8.42 Å². The summed E-state index contributed by atoms with van der Waals surface area (Å²) in [5.41, 5.74) is 5.27. The van der Waals surface area contributed by atoms with E-state index in [1.807, 2.05) is 0 Å². The van der Waals surface area contributed by atoms with Gasteiger partial charge in [0.05, 0.1) is 0 Å². The summed E-state index contributed by atoms with van der Waals surface area (Å²) < 4.78 is 27.8. The predicted molar refractivity (Wildman–Crippen MR) is 65.2 cm³/mol. The molecule has 6 heteroatoms. The maximum absolute atomic E-state index is 11.9. The maximum atomic E-state index is 11.9. The van der Waals surface area contributed by atoms with Gasteiger partial charge in [-0.2, -0.15) is 17.4 Å². The van der Waals surface area contributed by atoms with Gasteiger partial charge in [-0.1, -0.05) is 25.0 Å². The first-order valence-corrected chi connectivity index (χ1v) is 7.20. The van der Waals surface area contributed by atoms with Crippen LogP contribution in [0.15, 0.2) is 12.2 Å². The Balaban J connectivity index is 2.44. The van der Waals surface area contributed by atoms with Crippen LogP contribution in [0.25, 0.3) is 0 Å². The Morgan fingerprint density at radius 3 is 2.31 bits per heavy atom. The van der Waals surface area contributed by atoms with Crippen molar-refractivity contribution in [3.05, 3.63) is 12.2 Å². The predicted octanol–water partition coefficient (Wildman–Crippen LogP) is 0.212. The molecule has 16 heavy (non-hydrogen) atoms. The van der Waals surface area contributed by atoms with Crippen molar-refractivity contribution in [3.63, 3.8) is 0 Å². The molecular formula is C10H21N3O2S. The van der Waals surface area contributed by atoms with Crippen LogP contribution in [0.5, 0.6) is 0 Å². The van der Waals surface area contributed by atoms with Crippen molar-refractivity contribution in [3.8, 4) is 0 Å². The molecule has 1 heterocycles. The van der Waals surface area contributed by atoms with Crippen molar-refractivity contribution in [1.29, 1.82) is 0 Å². The molecule has 0 aromatic carbocycles. The first-order chi connectivity index (χ1) is 7.67. The van der Waals surface area contributed by atoms with Crippen LogP contribution in [0.2, 0.25) is 0 Å². The molecule has 0 amide bonds. The Labute approximate surface area is 97.9 Å². The fourth-order valence-electron chi connectivity index (χ4n) is 1.71. The topological polar surface area (TPSA) is 75.4 Å². The van der Waals surface area contributed by atoms with Crippen molar-refractivity contribution in [2.24, 2.45) is 5.73 Å². The third-order valence-electron chi connectivity index (χ3n) is 2.59. The van der Waals surface area contributed by atoms with Crippen LogP contribution in [0.1, 0.15) is 25.7 Å². The van der Waals surface area contributed by atoms with E-state index in [1.54, 1.807) is 12.2 Å². The Morgan fingerprint density at radius 1 is 1.12 bits per heavy atom. The molecule has 1 rings (SSSR count). The van der Waals surface area contributed by atoms with Gasteiger partial charge in [-0.25, -0.2) is 0 Å². The highest BCUT2D eigenvalue weighted by atomic mass is 32.2. The fraction of sp³-hybridized carbons (Fsp3) is 0.800. The van der Waals surface area contributed by atoms with Crippen LogP contribution < -0.4 is 10.5 Å². The average Bonchev–Trinajstić information content (AvgIpc) is 2.53. The minimum atomic E-state index is -3.30. The van der Waals surface area contributed by atoms with E-state index in [4.69, 9.17) is 5.73 Å². The summed E-state index contributed by atoms with van der Waals surface area (Å²) in [5.74, 6) is 0. The van der Waals surface area contributed by atoms with Crippen molar-refractivity contribution >= 4 is 10.2 Å². The number of nitrogens with one attached hydrogen (secondary N) is 1. The monoisotopic (exact) mass is 247 g/mol. The fourth-order valence-corrected chi connectivity index (χ4v) is 2.93. The first kappa shape index (κ1) is 13.6. The zero-order valence-corrected chi connectivity index (χ0v) is 10.4. The second-order valence-corrected chi connectivity index (χ2v) is 5.63. The molecule has 1 saturated heterocycles. The molecule has 0 spiro atoms. The Bertz CT molecular complexity index is 306. The molecule has 5 nitrogen and oxygen atoms in total. The largest absolute Gasteiger partial charge is 0.327 e. The molecule has 0 bridgehead atoms. The smallest absolute Gasteiger partial charge is 0.279 e. The number of hydrogen-bond donors (Lipinski definition) is 2. The van der Waals surface area contributed by atoms with Crippen LogP contribution in [0, 0.1) is 0 Å². The Kier molecular flexibility index (Phi) is 5.97.